The van der Waals surface area contributed by atoms with Gasteiger partial charge in [0.2, 0.25) is 11.8 Å². The SMILES string of the molecule is COCC(=O)Nc1cccc(NC(=O)CCNC(C)C)c1. The predicted molar refractivity (Wildman–Crippen MR) is 83.3 cm³/mol. The average Bonchev–Trinajstić information content (AvgIpc) is 2.38. The summed E-state index contributed by atoms with van der Waals surface area (Å²) in [5, 5.41) is 8.67. The summed E-state index contributed by atoms with van der Waals surface area (Å²) in [7, 11) is 1.46. The molecule has 116 valence electrons. The molecule has 0 aliphatic heterocycles. The molecule has 0 saturated heterocycles. The van der Waals surface area contributed by atoms with Gasteiger partial charge in [-0.25, -0.2) is 0 Å². The molecule has 6 nitrogen and oxygen atoms in total. The van der Waals surface area contributed by atoms with E-state index in [4.69, 9.17) is 4.74 Å². The Bertz CT molecular complexity index is 475. The molecule has 21 heavy (non-hydrogen) atoms. The van der Waals surface area contributed by atoms with Crippen LogP contribution in [-0.2, 0) is 14.3 Å². The highest BCUT2D eigenvalue weighted by Gasteiger charge is 2.05. The molecule has 1 aromatic carbocycles. The van der Waals surface area contributed by atoms with E-state index >= 15 is 0 Å². The van der Waals surface area contributed by atoms with Crippen LogP contribution >= 0.6 is 0 Å². The van der Waals surface area contributed by atoms with E-state index in [1.165, 1.54) is 7.11 Å². The summed E-state index contributed by atoms with van der Waals surface area (Å²) >= 11 is 0. The fourth-order valence-corrected chi connectivity index (χ4v) is 1.70. The van der Waals surface area contributed by atoms with E-state index in [0.717, 1.165) is 0 Å². The van der Waals surface area contributed by atoms with Crippen LogP contribution < -0.4 is 16.0 Å². The highest BCUT2D eigenvalue weighted by atomic mass is 16.5. The fraction of sp³-hybridized carbons (Fsp3) is 0.467. The number of ether oxygens (including phenoxy) is 1. The van der Waals surface area contributed by atoms with Crippen molar-refractivity contribution in [2.75, 3.05) is 30.9 Å². The van der Waals surface area contributed by atoms with Crippen molar-refractivity contribution >= 4 is 23.2 Å². The smallest absolute Gasteiger partial charge is 0.250 e. The van der Waals surface area contributed by atoms with Gasteiger partial charge in [0, 0.05) is 37.5 Å². The molecule has 3 N–H and O–H groups in total. The monoisotopic (exact) mass is 293 g/mol. The average molecular weight is 293 g/mol. The van der Waals surface area contributed by atoms with Gasteiger partial charge in [-0.2, -0.15) is 0 Å². The lowest BCUT2D eigenvalue weighted by Crippen LogP contribution is -2.27. The van der Waals surface area contributed by atoms with Crippen LogP contribution in [0.2, 0.25) is 0 Å². The van der Waals surface area contributed by atoms with Crippen LogP contribution in [-0.4, -0.2) is 38.1 Å². The number of nitrogens with one attached hydrogen (secondary N) is 3. The van der Waals surface area contributed by atoms with E-state index in [1.54, 1.807) is 24.3 Å². The Labute approximate surface area is 125 Å². The van der Waals surface area contributed by atoms with Crippen molar-refractivity contribution in [2.24, 2.45) is 0 Å². The second-order valence-electron chi connectivity index (χ2n) is 4.97. The number of benzene rings is 1. The van der Waals surface area contributed by atoms with Gasteiger partial charge >= 0.3 is 0 Å². The van der Waals surface area contributed by atoms with Crippen LogP contribution in [0.15, 0.2) is 24.3 Å². The van der Waals surface area contributed by atoms with Crippen molar-refractivity contribution < 1.29 is 14.3 Å². The third kappa shape index (κ3) is 7.43. The van der Waals surface area contributed by atoms with Crippen molar-refractivity contribution in [1.29, 1.82) is 0 Å². The van der Waals surface area contributed by atoms with Crippen molar-refractivity contribution in [1.82, 2.24) is 5.32 Å². The second kappa shape index (κ2) is 9.10. The number of anilines is 2. The minimum Gasteiger partial charge on any atom is -0.375 e. The zero-order valence-electron chi connectivity index (χ0n) is 12.7. The Morgan fingerprint density at radius 1 is 1.14 bits per heavy atom. The minimum atomic E-state index is -0.234. The Balaban J connectivity index is 2.48. The molecule has 0 aliphatic rings. The summed E-state index contributed by atoms with van der Waals surface area (Å²) < 4.78 is 4.75. The van der Waals surface area contributed by atoms with Gasteiger partial charge < -0.3 is 20.7 Å². The van der Waals surface area contributed by atoms with E-state index in [9.17, 15) is 9.59 Å². The Morgan fingerprint density at radius 3 is 2.33 bits per heavy atom. The third-order valence-electron chi connectivity index (χ3n) is 2.61. The van der Waals surface area contributed by atoms with Crippen molar-refractivity contribution in [3.05, 3.63) is 24.3 Å². The summed E-state index contributed by atoms with van der Waals surface area (Å²) in [6.45, 7) is 4.69. The van der Waals surface area contributed by atoms with Crippen LogP contribution in [0, 0.1) is 0 Å². The van der Waals surface area contributed by atoms with Gasteiger partial charge in [-0.05, 0) is 18.2 Å². The molecule has 0 heterocycles. The second-order valence-corrected chi connectivity index (χ2v) is 4.97. The zero-order valence-corrected chi connectivity index (χ0v) is 12.7. The number of carbonyl (C=O) groups is 2. The van der Waals surface area contributed by atoms with Crippen LogP contribution in [0.25, 0.3) is 0 Å². The van der Waals surface area contributed by atoms with Crippen LogP contribution in [0.3, 0.4) is 0 Å². The molecule has 0 aromatic heterocycles. The van der Waals surface area contributed by atoms with Gasteiger partial charge in [0.15, 0.2) is 0 Å². The molecule has 6 heteroatoms. The fourth-order valence-electron chi connectivity index (χ4n) is 1.70. The zero-order chi connectivity index (χ0) is 15.7. The number of amides is 2. The first-order chi connectivity index (χ1) is 10.0. The maximum absolute atomic E-state index is 11.8. The van der Waals surface area contributed by atoms with Gasteiger partial charge in [-0.1, -0.05) is 19.9 Å². The molecular weight excluding hydrogens is 270 g/mol. The van der Waals surface area contributed by atoms with Crippen LogP contribution in [0.1, 0.15) is 20.3 Å². The first-order valence-electron chi connectivity index (χ1n) is 6.93. The summed E-state index contributed by atoms with van der Waals surface area (Å²) in [6, 6.07) is 7.37. The molecule has 0 spiro atoms. The van der Waals surface area contributed by atoms with Gasteiger partial charge in [-0.3, -0.25) is 9.59 Å². The Kier molecular flexibility index (Phi) is 7.42. The van der Waals surface area contributed by atoms with Crippen molar-refractivity contribution in [3.8, 4) is 0 Å². The number of rotatable bonds is 8. The normalized spacial score (nSPS) is 10.5. The summed E-state index contributed by atoms with van der Waals surface area (Å²) in [6.07, 6.45) is 0.401. The minimum absolute atomic E-state index is 0.00252. The van der Waals surface area contributed by atoms with Crippen LogP contribution in [0.4, 0.5) is 11.4 Å². The lowest BCUT2D eigenvalue weighted by molar-refractivity contribution is -0.119. The first kappa shape index (κ1) is 17.1. The molecule has 0 saturated carbocycles. The molecule has 0 atom stereocenters. The predicted octanol–water partition coefficient (Wildman–Crippen LogP) is 1.60. The van der Waals surface area contributed by atoms with Gasteiger partial charge in [0.1, 0.15) is 6.61 Å². The third-order valence-corrected chi connectivity index (χ3v) is 2.61. The van der Waals surface area contributed by atoms with Crippen LogP contribution in [0.5, 0.6) is 0 Å². The molecule has 0 fully saturated rings. The Morgan fingerprint density at radius 2 is 1.76 bits per heavy atom. The van der Waals surface area contributed by atoms with E-state index in [2.05, 4.69) is 16.0 Å². The number of hydrogen-bond donors (Lipinski definition) is 3. The topological polar surface area (TPSA) is 79.5 Å². The van der Waals surface area contributed by atoms with E-state index in [0.29, 0.717) is 30.4 Å². The molecule has 1 rings (SSSR count). The molecular formula is C15H23N3O3. The lowest BCUT2D eigenvalue weighted by atomic mass is 10.2. The van der Waals surface area contributed by atoms with Gasteiger partial charge in [0.25, 0.3) is 0 Å². The van der Waals surface area contributed by atoms with Crippen molar-refractivity contribution in [3.63, 3.8) is 0 Å². The van der Waals surface area contributed by atoms with Crippen molar-refractivity contribution in [2.45, 2.75) is 26.3 Å². The van der Waals surface area contributed by atoms with Gasteiger partial charge in [-0.15, -0.1) is 0 Å². The molecule has 0 aliphatic carbocycles. The van der Waals surface area contributed by atoms with E-state index in [-0.39, 0.29) is 18.4 Å². The standard InChI is InChI=1S/C15H23N3O3/c1-11(2)16-8-7-14(19)17-12-5-4-6-13(9-12)18-15(20)10-21-3/h4-6,9,11,16H,7-8,10H2,1-3H3,(H,17,19)(H,18,20). The van der Waals surface area contributed by atoms with E-state index in [1.807, 2.05) is 13.8 Å². The summed E-state index contributed by atoms with van der Waals surface area (Å²) in [4.78, 5) is 23.2. The number of hydrogen-bond acceptors (Lipinski definition) is 4. The van der Waals surface area contributed by atoms with Gasteiger partial charge in [0.05, 0.1) is 0 Å². The maximum atomic E-state index is 11.8. The number of carbonyl (C=O) groups excluding carboxylic acids is 2. The highest BCUT2D eigenvalue weighted by Crippen LogP contribution is 2.15. The number of methoxy groups -OCH3 is 1. The molecule has 0 unspecified atom stereocenters. The summed E-state index contributed by atoms with van der Waals surface area (Å²) in [5.74, 6) is -0.300. The molecule has 0 bridgehead atoms. The molecule has 2 amide bonds. The molecule has 1 aromatic rings. The Hall–Kier alpha value is -1.92. The largest absolute Gasteiger partial charge is 0.375 e. The van der Waals surface area contributed by atoms with E-state index < -0.39 is 0 Å². The highest BCUT2D eigenvalue weighted by molar-refractivity contribution is 5.94. The lowest BCUT2D eigenvalue weighted by Gasteiger charge is -2.10. The quantitative estimate of drug-likeness (QED) is 0.680. The molecule has 0 radical (unpaired) electrons. The maximum Gasteiger partial charge on any atom is 0.250 e. The summed E-state index contributed by atoms with van der Waals surface area (Å²) in [5.41, 5.74) is 1.27. The first-order valence-corrected chi connectivity index (χ1v) is 6.93.